The van der Waals surface area contributed by atoms with Gasteiger partial charge in [-0.25, -0.2) is 0 Å². The van der Waals surface area contributed by atoms with Gasteiger partial charge in [-0.1, -0.05) is 89.7 Å². The first kappa shape index (κ1) is 19.9. The second-order valence-corrected chi connectivity index (χ2v) is 7.48. The summed E-state index contributed by atoms with van der Waals surface area (Å²) < 4.78 is 0. The van der Waals surface area contributed by atoms with Crippen molar-refractivity contribution in [1.82, 2.24) is 0 Å². The zero-order valence-electron chi connectivity index (χ0n) is 16.6. The lowest BCUT2D eigenvalue weighted by molar-refractivity contribution is 0.544. The van der Waals surface area contributed by atoms with Crippen LogP contribution in [-0.4, -0.2) is 13.6 Å². The molecule has 25 heavy (non-hydrogen) atoms. The SMILES string of the molecule is CCCCCCCCCCCCCCN1C=CN(C)c2ccccc21. The average Bonchev–Trinajstić information content (AvgIpc) is 2.64. The summed E-state index contributed by atoms with van der Waals surface area (Å²) in [4.78, 5) is 4.61. The predicted molar refractivity (Wildman–Crippen MR) is 112 cm³/mol. The van der Waals surface area contributed by atoms with Crippen molar-refractivity contribution in [2.24, 2.45) is 0 Å². The summed E-state index contributed by atoms with van der Waals surface area (Å²) in [7, 11) is 2.12. The van der Waals surface area contributed by atoms with Crippen LogP contribution < -0.4 is 9.80 Å². The summed E-state index contributed by atoms with van der Waals surface area (Å²) in [6.07, 6.45) is 21.3. The molecule has 0 spiro atoms. The van der Waals surface area contributed by atoms with Crippen LogP contribution in [0, 0.1) is 0 Å². The standard InChI is InChI=1S/C23H38N2/c1-3-4-5-6-7-8-9-10-11-12-13-16-19-25-21-20-24(2)22-17-14-15-18-23(22)25/h14-15,17-18,20-21H,3-13,16,19H2,1-2H3. The lowest BCUT2D eigenvalue weighted by atomic mass is 10.1. The molecule has 2 nitrogen and oxygen atoms in total. The van der Waals surface area contributed by atoms with Gasteiger partial charge >= 0.3 is 0 Å². The van der Waals surface area contributed by atoms with E-state index < -0.39 is 0 Å². The van der Waals surface area contributed by atoms with Crippen LogP contribution in [0.5, 0.6) is 0 Å². The molecule has 0 aromatic heterocycles. The molecule has 2 heteroatoms. The second-order valence-electron chi connectivity index (χ2n) is 7.48. The largest absolute Gasteiger partial charge is 0.348 e. The number of anilines is 2. The van der Waals surface area contributed by atoms with E-state index in [9.17, 15) is 0 Å². The quantitative estimate of drug-likeness (QED) is 0.352. The molecule has 1 aromatic rings. The highest BCUT2D eigenvalue weighted by atomic mass is 15.2. The van der Waals surface area contributed by atoms with Crippen LogP contribution in [-0.2, 0) is 0 Å². The van der Waals surface area contributed by atoms with E-state index in [4.69, 9.17) is 0 Å². The minimum absolute atomic E-state index is 1.14. The van der Waals surface area contributed by atoms with Crippen molar-refractivity contribution in [2.75, 3.05) is 23.4 Å². The Morgan fingerprint density at radius 1 is 0.640 bits per heavy atom. The van der Waals surface area contributed by atoms with Crippen LogP contribution in [0.4, 0.5) is 11.4 Å². The van der Waals surface area contributed by atoms with Crippen molar-refractivity contribution < 1.29 is 0 Å². The van der Waals surface area contributed by atoms with E-state index in [1.54, 1.807) is 0 Å². The third-order valence-corrected chi connectivity index (χ3v) is 5.29. The Bertz CT molecular complexity index is 495. The number of unbranched alkanes of at least 4 members (excludes halogenated alkanes) is 11. The van der Waals surface area contributed by atoms with Crippen LogP contribution in [0.15, 0.2) is 36.7 Å². The molecular formula is C23H38N2. The summed E-state index contributed by atoms with van der Waals surface area (Å²) >= 11 is 0. The fraction of sp³-hybridized carbons (Fsp3) is 0.652. The second kappa shape index (κ2) is 12.0. The van der Waals surface area contributed by atoms with Gasteiger partial charge in [-0.05, 0) is 18.6 Å². The van der Waals surface area contributed by atoms with Gasteiger partial charge in [0.2, 0.25) is 0 Å². The van der Waals surface area contributed by atoms with Crippen molar-refractivity contribution in [3.05, 3.63) is 36.7 Å². The normalized spacial score (nSPS) is 13.4. The van der Waals surface area contributed by atoms with E-state index in [-0.39, 0.29) is 0 Å². The summed E-state index contributed by atoms with van der Waals surface area (Å²) in [5.41, 5.74) is 2.65. The third kappa shape index (κ3) is 7.13. The Kier molecular flexibility index (Phi) is 9.54. The molecule has 0 N–H and O–H groups in total. The fourth-order valence-electron chi connectivity index (χ4n) is 3.66. The van der Waals surface area contributed by atoms with Crippen LogP contribution >= 0.6 is 0 Å². The molecule has 0 atom stereocenters. The van der Waals surface area contributed by atoms with Gasteiger partial charge < -0.3 is 9.80 Å². The molecule has 0 radical (unpaired) electrons. The Hall–Kier alpha value is -1.44. The van der Waals surface area contributed by atoms with Gasteiger partial charge in [0.15, 0.2) is 0 Å². The van der Waals surface area contributed by atoms with Crippen LogP contribution in [0.2, 0.25) is 0 Å². The molecule has 1 aromatic carbocycles. The Balaban J connectivity index is 1.49. The van der Waals surface area contributed by atoms with Crippen LogP contribution in [0.3, 0.4) is 0 Å². The maximum atomic E-state index is 2.41. The first-order valence-electron chi connectivity index (χ1n) is 10.6. The van der Waals surface area contributed by atoms with Crippen molar-refractivity contribution in [2.45, 2.75) is 84.0 Å². The van der Waals surface area contributed by atoms with E-state index in [1.807, 2.05) is 0 Å². The monoisotopic (exact) mass is 342 g/mol. The number of para-hydroxylation sites is 2. The lowest BCUT2D eigenvalue weighted by Crippen LogP contribution is -2.25. The van der Waals surface area contributed by atoms with Crippen molar-refractivity contribution in [1.29, 1.82) is 0 Å². The Morgan fingerprint density at radius 3 is 1.76 bits per heavy atom. The van der Waals surface area contributed by atoms with Gasteiger partial charge in [-0.2, -0.15) is 0 Å². The smallest absolute Gasteiger partial charge is 0.0647 e. The molecule has 140 valence electrons. The number of rotatable bonds is 13. The first-order chi connectivity index (χ1) is 12.3. The molecular weight excluding hydrogens is 304 g/mol. The Labute approximate surface area is 155 Å². The summed E-state index contributed by atoms with van der Waals surface area (Å²) in [5, 5.41) is 0. The third-order valence-electron chi connectivity index (χ3n) is 5.29. The zero-order chi connectivity index (χ0) is 17.7. The first-order valence-corrected chi connectivity index (χ1v) is 10.6. The van der Waals surface area contributed by atoms with E-state index in [0.717, 1.165) is 6.54 Å². The van der Waals surface area contributed by atoms with Gasteiger partial charge in [-0.15, -0.1) is 0 Å². The molecule has 1 aliphatic heterocycles. The topological polar surface area (TPSA) is 6.48 Å². The summed E-state index contributed by atoms with van der Waals surface area (Å²) in [6.45, 7) is 3.43. The van der Waals surface area contributed by atoms with E-state index in [0.29, 0.717) is 0 Å². The van der Waals surface area contributed by atoms with Gasteiger partial charge in [0, 0.05) is 26.0 Å². The molecule has 0 aliphatic carbocycles. The Morgan fingerprint density at radius 2 is 1.16 bits per heavy atom. The summed E-state index contributed by atoms with van der Waals surface area (Å²) in [5.74, 6) is 0. The molecule has 0 saturated carbocycles. The van der Waals surface area contributed by atoms with Gasteiger partial charge in [0.25, 0.3) is 0 Å². The molecule has 2 rings (SSSR count). The maximum Gasteiger partial charge on any atom is 0.0647 e. The number of hydrogen-bond donors (Lipinski definition) is 0. The number of benzene rings is 1. The fourth-order valence-corrected chi connectivity index (χ4v) is 3.66. The van der Waals surface area contributed by atoms with E-state index >= 15 is 0 Å². The van der Waals surface area contributed by atoms with E-state index in [2.05, 4.69) is 60.4 Å². The van der Waals surface area contributed by atoms with Gasteiger partial charge in [0.05, 0.1) is 11.4 Å². The average molecular weight is 343 g/mol. The van der Waals surface area contributed by atoms with Crippen molar-refractivity contribution >= 4 is 11.4 Å². The molecule has 1 aliphatic rings. The maximum absolute atomic E-state index is 2.41. The predicted octanol–water partition coefficient (Wildman–Crippen LogP) is 7.12. The number of fused-ring (bicyclic) bond motifs is 1. The minimum Gasteiger partial charge on any atom is -0.348 e. The molecule has 0 saturated heterocycles. The van der Waals surface area contributed by atoms with Crippen molar-refractivity contribution in [3.8, 4) is 0 Å². The zero-order valence-corrected chi connectivity index (χ0v) is 16.6. The molecule has 0 fully saturated rings. The summed E-state index contributed by atoms with van der Waals surface area (Å²) in [6, 6.07) is 8.70. The minimum atomic E-state index is 1.14. The highest BCUT2D eigenvalue weighted by Crippen LogP contribution is 2.32. The lowest BCUT2D eigenvalue weighted by Gasteiger charge is -2.31. The van der Waals surface area contributed by atoms with Crippen molar-refractivity contribution in [3.63, 3.8) is 0 Å². The van der Waals surface area contributed by atoms with Gasteiger partial charge in [-0.3, -0.25) is 0 Å². The molecule has 0 bridgehead atoms. The highest BCUT2D eigenvalue weighted by molar-refractivity contribution is 5.75. The highest BCUT2D eigenvalue weighted by Gasteiger charge is 2.14. The number of hydrogen-bond acceptors (Lipinski definition) is 2. The van der Waals surface area contributed by atoms with Gasteiger partial charge in [0.1, 0.15) is 0 Å². The van der Waals surface area contributed by atoms with E-state index in [1.165, 1.54) is 88.4 Å². The molecule has 0 unspecified atom stereocenters. The van der Waals surface area contributed by atoms with Crippen LogP contribution in [0.1, 0.15) is 84.0 Å². The van der Waals surface area contributed by atoms with Crippen LogP contribution in [0.25, 0.3) is 0 Å². The molecule has 1 heterocycles. The molecule has 0 amide bonds. The number of nitrogens with zero attached hydrogens (tertiary/aromatic N) is 2.